The van der Waals surface area contributed by atoms with E-state index in [1.54, 1.807) is 4.90 Å². The number of hydrogen-bond acceptors (Lipinski definition) is 5. The monoisotopic (exact) mass is 718 g/mol. The molecule has 6 heteroatoms. The Morgan fingerprint density at radius 3 is 2.21 bits per heavy atom. The summed E-state index contributed by atoms with van der Waals surface area (Å²) in [5.74, 6) is -0.321. The predicted octanol–water partition coefficient (Wildman–Crippen LogP) is 12.4. The molecule has 0 spiro atoms. The summed E-state index contributed by atoms with van der Waals surface area (Å²) < 4.78 is 139. The molecule has 0 bridgehead atoms. The van der Waals surface area contributed by atoms with E-state index in [4.69, 9.17) is 27.3 Å². The van der Waals surface area contributed by atoms with E-state index in [1.807, 2.05) is 56.3 Å². The number of anilines is 2. The van der Waals surface area contributed by atoms with Gasteiger partial charge in [-0.1, -0.05) is 117 Å². The minimum absolute atomic E-state index is 0.0165. The summed E-state index contributed by atoms with van der Waals surface area (Å²) in [5.41, 5.74) is -1.92. The van der Waals surface area contributed by atoms with Crippen LogP contribution in [0.3, 0.4) is 0 Å². The van der Waals surface area contributed by atoms with Crippen molar-refractivity contribution in [1.82, 2.24) is 19.5 Å². The summed E-state index contributed by atoms with van der Waals surface area (Å²) in [4.78, 5) is 17.0. The van der Waals surface area contributed by atoms with Crippen molar-refractivity contribution < 1.29 is 20.6 Å². The van der Waals surface area contributed by atoms with Crippen molar-refractivity contribution in [2.24, 2.45) is 0 Å². The molecule has 256 valence electrons. The van der Waals surface area contributed by atoms with Gasteiger partial charge in [0.1, 0.15) is 0 Å². The first-order valence-corrected chi connectivity index (χ1v) is 18.3. The van der Waals surface area contributed by atoms with Gasteiger partial charge in [-0.05, 0) is 67.7 Å². The van der Waals surface area contributed by atoms with Crippen LogP contribution in [0.4, 0.5) is 11.6 Å². The highest BCUT2D eigenvalue weighted by Crippen LogP contribution is 2.60. The Morgan fingerprint density at radius 1 is 0.604 bits per heavy atom. The molecule has 0 N–H and O–H groups in total. The summed E-state index contributed by atoms with van der Waals surface area (Å²) in [6.07, 6.45) is 2.62. The molecule has 0 saturated heterocycles. The van der Waals surface area contributed by atoms with Gasteiger partial charge in [-0.3, -0.25) is 0 Å². The summed E-state index contributed by atoms with van der Waals surface area (Å²) in [6.45, 7) is 3.97. The maximum Gasteiger partial charge on any atom is 0.234 e. The molecular weight excluding hydrogens is 667 g/mol. The number of hydrogen-bond donors (Lipinski definition) is 0. The lowest BCUT2D eigenvalue weighted by Crippen LogP contribution is -2.55. The lowest BCUT2D eigenvalue weighted by atomic mass is 9.61. The van der Waals surface area contributed by atoms with E-state index in [-0.39, 0.29) is 68.8 Å². The van der Waals surface area contributed by atoms with Gasteiger partial charge in [0.05, 0.1) is 42.8 Å². The minimum atomic E-state index is -0.966. The molecule has 2 atom stereocenters. The predicted molar refractivity (Wildman–Crippen MR) is 221 cm³/mol. The topological polar surface area (TPSA) is 46.8 Å². The zero-order valence-electron chi connectivity index (χ0n) is 43.6. The fraction of sp³-hybridized carbons (Fsp3) is 0.170. The summed E-state index contributed by atoms with van der Waals surface area (Å²) >= 11 is 1.49. The molecule has 9 aromatic rings. The molecule has 4 heterocycles. The largest absolute Gasteiger partial charge is 0.309 e. The average molecular weight is 719 g/mol. The third-order valence-corrected chi connectivity index (χ3v) is 12.6. The highest BCUT2D eigenvalue weighted by molar-refractivity contribution is 7.26. The van der Waals surface area contributed by atoms with E-state index in [2.05, 4.69) is 0 Å². The molecule has 1 saturated carbocycles. The Morgan fingerprint density at radius 2 is 1.30 bits per heavy atom. The fourth-order valence-corrected chi connectivity index (χ4v) is 9.86. The molecule has 2 unspecified atom stereocenters. The van der Waals surface area contributed by atoms with Gasteiger partial charge in [0.25, 0.3) is 0 Å². The van der Waals surface area contributed by atoms with Gasteiger partial charge >= 0.3 is 0 Å². The van der Waals surface area contributed by atoms with Crippen LogP contribution in [0.15, 0.2) is 139 Å². The summed E-state index contributed by atoms with van der Waals surface area (Å²) in [7, 11) is 0. The van der Waals surface area contributed by atoms with Gasteiger partial charge in [0.15, 0.2) is 11.6 Å². The molecule has 1 aliphatic carbocycles. The normalized spacial score (nSPS) is 23.7. The number of fused-ring (bicyclic) bond motifs is 9. The molecule has 11 rings (SSSR count). The second-order valence-electron chi connectivity index (χ2n) is 14.0. The first-order chi connectivity index (χ1) is 32.2. The van der Waals surface area contributed by atoms with Crippen LogP contribution < -0.4 is 4.90 Å². The quantitative estimate of drug-likeness (QED) is 0.182. The first kappa shape index (κ1) is 19.3. The third kappa shape index (κ3) is 4.27. The van der Waals surface area contributed by atoms with Crippen LogP contribution in [0.1, 0.15) is 65.7 Å². The minimum Gasteiger partial charge on any atom is -0.309 e. The summed E-state index contributed by atoms with van der Waals surface area (Å²) in [5, 5.41) is 1.72. The van der Waals surface area contributed by atoms with Gasteiger partial charge in [-0.25, -0.2) is 4.98 Å². The third-order valence-electron chi connectivity index (χ3n) is 11.4. The summed E-state index contributed by atoms with van der Waals surface area (Å²) in [6, 6.07) is 6.70. The van der Waals surface area contributed by atoms with Crippen molar-refractivity contribution in [1.29, 1.82) is 0 Å². The van der Waals surface area contributed by atoms with Crippen LogP contribution in [-0.4, -0.2) is 25.1 Å². The van der Waals surface area contributed by atoms with Crippen LogP contribution in [0.5, 0.6) is 0 Å². The van der Waals surface area contributed by atoms with Crippen molar-refractivity contribution in [3.63, 3.8) is 0 Å². The number of benzene rings is 6. The van der Waals surface area contributed by atoms with Crippen molar-refractivity contribution in [2.75, 3.05) is 4.90 Å². The Bertz CT molecular complexity index is 3780. The number of rotatable bonds is 4. The lowest BCUT2D eigenvalue weighted by Gasteiger charge is -2.49. The van der Waals surface area contributed by atoms with Crippen molar-refractivity contribution in [3.05, 3.63) is 145 Å². The van der Waals surface area contributed by atoms with Crippen LogP contribution in [-0.2, 0) is 5.41 Å². The molecule has 6 aromatic carbocycles. The second-order valence-corrected chi connectivity index (χ2v) is 15.1. The van der Waals surface area contributed by atoms with E-state index in [9.17, 15) is 8.22 Å². The molecule has 0 amide bonds. The van der Waals surface area contributed by atoms with Gasteiger partial charge in [0, 0.05) is 53.2 Å². The molecule has 0 radical (unpaired) electrons. The maximum absolute atomic E-state index is 9.66. The molecule has 3 aromatic heterocycles. The Kier molecular flexibility index (Phi) is 4.12. The number of aromatic nitrogens is 4. The first-order valence-electron chi connectivity index (χ1n) is 24.9. The number of nitrogens with zero attached hydrogens (tertiary/aromatic N) is 5. The van der Waals surface area contributed by atoms with Gasteiger partial charge in [-0.15, -0.1) is 11.3 Å². The Balaban J connectivity index is 1.33. The molecular formula is C47H37N5S. The van der Waals surface area contributed by atoms with E-state index < -0.39 is 89.2 Å². The van der Waals surface area contributed by atoms with Crippen LogP contribution in [0, 0.1) is 0 Å². The van der Waals surface area contributed by atoms with Crippen molar-refractivity contribution in [3.8, 4) is 28.5 Å². The van der Waals surface area contributed by atoms with Gasteiger partial charge in [-0.2, -0.15) is 9.97 Å². The maximum atomic E-state index is 9.66. The standard InChI is InChI=1S/C47H37N5S/c1-46-28-13-14-29-47(46,2)52(40-26-11-7-22-36(40)46)45-49-43(48-44(50-45)35-21-15-20-33-32-18-6-12-27-41(32)53-42(33)35)34-19-5-10-25-39(34)51-37-23-8-3-16-30(37)31-17-4-9-24-38(31)51/h3-12,15-27H,13-14,28-29H2,1-2H3/i3D,4D,5D,7D,8D,9D,10D,11D,16D,19D,22D,23D,24D,25D,26D. The Labute approximate surface area is 333 Å². The van der Waals surface area contributed by atoms with E-state index in [0.29, 0.717) is 24.0 Å². The Hall–Kier alpha value is -5.85. The van der Waals surface area contributed by atoms with E-state index in [0.717, 1.165) is 37.6 Å². The highest BCUT2D eigenvalue weighted by Gasteiger charge is 2.58. The van der Waals surface area contributed by atoms with Crippen molar-refractivity contribution >= 4 is 65.0 Å². The average Bonchev–Trinajstić information content (AvgIpc) is 3.94. The molecule has 1 aliphatic heterocycles. The van der Waals surface area contributed by atoms with E-state index >= 15 is 0 Å². The van der Waals surface area contributed by atoms with Gasteiger partial charge in [0.2, 0.25) is 5.95 Å². The number of para-hydroxylation sites is 4. The smallest absolute Gasteiger partial charge is 0.234 e. The molecule has 5 nitrogen and oxygen atoms in total. The lowest BCUT2D eigenvalue weighted by molar-refractivity contribution is 0.193. The molecule has 53 heavy (non-hydrogen) atoms. The SMILES string of the molecule is [2H]c1cc2c3c([2H])c([2H])c([2H])c([2H])c3n(-c3c([2H])c([2H])c([2H])c([2H])c3-c3nc(-c4cccc5c4sc4ccccc45)nc(N4c5c([2H])c([2H])c([2H])c([2H])c5C5(C)CCCCC45C)n3)c2c([2H])c1[2H]. The zero-order chi connectivity index (χ0) is 48.4. The molecule has 1 fully saturated rings. The fourth-order valence-electron chi connectivity index (χ4n) is 8.65. The zero-order valence-corrected chi connectivity index (χ0v) is 29.4. The highest BCUT2D eigenvalue weighted by atomic mass is 32.1. The van der Waals surface area contributed by atoms with Crippen molar-refractivity contribution in [2.45, 2.75) is 50.5 Å². The number of thiophene rings is 1. The van der Waals surface area contributed by atoms with Crippen LogP contribution >= 0.6 is 11.3 Å². The molecule has 2 aliphatic rings. The van der Waals surface area contributed by atoms with Crippen LogP contribution in [0.2, 0.25) is 0 Å². The van der Waals surface area contributed by atoms with E-state index in [1.165, 1.54) is 17.4 Å². The van der Waals surface area contributed by atoms with Crippen LogP contribution in [0.25, 0.3) is 70.4 Å². The van der Waals surface area contributed by atoms with Gasteiger partial charge < -0.3 is 9.47 Å². The second kappa shape index (κ2) is 11.3.